The zero-order chi connectivity index (χ0) is 30.2. The average Bonchev–Trinajstić information content (AvgIpc) is 3.53. The third kappa shape index (κ3) is 7.37. The number of esters is 1. The largest absolute Gasteiger partial charge is 0.494 e. The molecule has 0 aliphatic heterocycles. The summed E-state index contributed by atoms with van der Waals surface area (Å²) in [6, 6.07) is 23.6. The Kier molecular flexibility index (Phi) is 9.63. The molecule has 0 radical (unpaired) electrons. The fourth-order valence-corrected chi connectivity index (χ4v) is 5.19. The Morgan fingerprint density at radius 2 is 1.63 bits per heavy atom. The van der Waals surface area contributed by atoms with Crippen molar-refractivity contribution in [2.75, 3.05) is 18.9 Å². The average molecular weight is 584 g/mol. The van der Waals surface area contributed by atoms with Crippen LogP contribution in [0.3, 0.4) is 0 Å². The minimum atomic E-state index is -0.546. The van der Waals surface area contributed by atoms with Crippen molar-refractivity contribution in [2.24, 2.45) is 0 Å². The smallest absolute Gasteiger partial charge is 0.328 e. The molecule has 3 aromatic carbocycles. The zero-order valence-corrected chi connectivity index (χ0v) is 23.7. The highest BCUT2D eigenvalue weighted by atomic mass is 19.1. The van der Waals surface area contributed by atoms with E-state index in [2.05, 4.69) is 5.32 Å². The van der Waals surface area contributed by atoms with Crippen molar-refractivity contribution in [2.45, 2.75) is 44.2 Å². The number of carbonyl (C=O) groups is 2. The molecule has 4 aromatic rings. The van der Waals surface area contributed by atoms with Crippen LogP contribution in [0.2, 0.25) is 0 Å². The van der Waals surface area contributed by atoms with Crippen molar-refractivity contribution in [3.8, 4) is 11.4 Å². The lowest BCUT2D eigenvalue weighted by molar-refractivity contribution is -0.151. The quantitative estimate of drug-likeness (QED) is 0.131. The molecule has 0 unspecified atom stereocenters. The summed E-state index contributed by atoms with van der Waals surface area (Å²) in [6.07, 6.45) is 4.65. The van der Waals surface area contributed by atoms with Crippen LogP contribution >= 0.6 is 0 Å². The molecule has 8 nitrogen and oxygen atoms in total. The number of carbonyl (C=O) groups excluding carboxylic acids is 2. The van der Waals surface area contributed by atoms with E-state index in [1.807, 2.05) is 30.3 Å². The summed E-state index contributed by atoms with van der Waals surface area (Å²) in [6.45, 7) is 0.938. The van der Waals surface area contributed by atoms with Crippen molar-refractivity contribution in [1.29, 1.82) is 0 Å². The molecular formula is C34H34FN3O5. The number of ketones is 1. The van der Waals surface area contributed by atoms with Gasteiger partial charge in [-0.05, 0) is 98.8 Å². The Balaban J connectivity index is 1.18. The highest BCUT2D eigenvalue weighted by Gasteiger charge is 2.26. The summed E-state index contributed by atoms with van der Waals surface area (Å²) in [5.74, 6) is -0.549. The van der Waals surface area contributed by atoms with Crippen molar-refractivity contribution in [3.05, 3.63) is 124 Å². The molecule has 0 saturated heterocycles. The van der Waals surface area contributed by atoms with Crippen LogP contribution in [0.15, 0.2) is 95.8 Å². The molecule has 1 saturated carbocycles. The highest BCUT2D eigenvalue weighted by molar-refractivity contribution is 6.11. The Bertz CT molecular complexity index is 1600. The molecule has 3 N–H and O–H groups in total. The second-order valence-electron chi connectivity index (χ2n) is 10.5. The van der Waals surface area contributed by atoms with Crippen molar-refractivity contribution in [3.63, 3.8) is 0 Å². The highest BCUT2D eigenvalue weighted by Crippen LogP contribution is 2.24. The lowest BCUT2D eigenvalue weighted by atomic mass is 10.0. The van der Waals surface area contributed by atoms with Crippen LogP contribution in [0, 0.1) is 5.82 Å². The fraction of sp³-hybridized carbons (Fsp3) is 0.265. The van der Waals surface area contributed by atoms with Gasteiger partial charge in [0.25, 0.3) is 5.56 Å². The molecule has 0 spiro atoms. The molecule has 1 aromatic heterocycles. The van der Waals surface area contributed by atoms with Crippen LogP contribution in [0.4, 0.5) is 10.2 Å². The van der Waals surface area contributed by atoms with Gasteiger partial charge in [-0.3, -0.25) is 14.2 Å². The van der Waals surface area contributed by atoms with Gasteiger partial charge in [0.1, 0.15) is 29.5 Å². The van der Waals surface area contributed by atoms with E-state index in [0.29, 0.717) is 31.0 Å². The number of aromatic nitrogens is 1. The van der Waals surface area contributed by atoms with Crippen molar-refractivity contribution < 1.29 is 23.5 Å². The molecule has 1 atom stereocenters. The molecule has 43 heavy (non-hydrogen) atoms. The van der Waals surface area contributed by atoms with Crippen LogP contribution in [0.5, 0.6) is 5.75 Å². The number of rotatable bonds is 12. The van der Waals surface area contributed by atoms with Gasteiger partial charge in [0.05, 0.1) is 17.9 Å². The van der Waals surface area contributed by atoms with Gasteiger partial charge in [-0.2, -0.15) is 0 Å². The summed E-state index contributed by atoms with van der Waals surface area (Å²) in [5, 5.41) is 3.32. The summed E-state index contributed by atoms with van der Waals surface area (Å²) < 4.78 is 26.2. The van der Waals surface area contributed by atoms with E-state index in [-0.39, 0.29) is 29.0 Å². The predicted molar refractivity (Wildman–Crippen MR) is 162 cm³/mol. The minimum Gasteiger partial charge on any atom is -0.494 e. The summed E-state index contributed by atoms with van der Waals surface area (Å²) in [7, 11) is 0. The predicted octanol–water partition coefficient (Wildman–Crippen LogP) is 5.38. The first-order chi connectivity index (χ1) is 20.9. The van der Waals surface area contributed by atoms with E-state index in [1.54, 1.807) is 24.3 Å². The second-order valence-corrected chi connectivity index (χ2v) is 10.5. The van der Waals surface area contributed by atoms with E-state index in [0.717, 1.165) is 31.2 Å². The Morgan fingerprint density at radius 1 is 0.930 bits per heavy atom. The number of nitrogen functional groups attached to an aromatic ring is 1. The monoisotopic (exact) mass is 583 g/mol. The van der Waals surface area contributed by atoms with Crippen LogP contribution < -0.4 is 21.3 Å². The summed E-state index contributed by atoms with van der Waals surface area (Å²) >= 11 is 0. The number of anilines is 1. The van der Waals surface area contributed by atoms with Gasteiger partial charge in [0.15, 0.2) is 5.78 Å². The van der Waals surface area contributed by atoms with Gasteiger partial charge in [-0.1, -0.05) is 30.3 Å². The molecular weight excluding hydrogens is 549 g/mol. The maximum Gasteiger partial charge on any atom is 0.328 e. The number of pyridine rings is 1. The fourth-order valence-electron chi connectivity index (χ4n) is 5.19. The molecule has 0 bridgehead atoms. The van der Waals surface area contributed by atoms with Gasteiger partial charge in [0, 0.05) is 11.6 Å². The second kappa shape index (κ2) is 13.9. The Hall–Kier alpha value is -4.76. The van der Waals surface area contributed by atoms with Crippen LogP contribution in [-0.4, -0.2) is 35.6 Å². The molecule has 1 fully saturated rings. The summed E-state index contributed by atoms with van der Waals surface area (Å²) in [4.78, 5) is 38.6. The zero-order valence-electron chi connectivity index (χ0n) is 23.7. The van der Waals surface area contributed by atoms with E-state index < -0.39 is 23.2 Å². The number of benzene rings is 3. The molecule has 222 valence electrons. The lowest BCUT2D eigenvalue weighted by Crippen LogP contribution is -2.33. The maximum absolute atomic E-state index is 13.3. The van der Waals surface area contributed by atoms with Crippen LogP contribution in [-0.2, 0) is 9.53 Å². The Morgan fingerprint density at radius 3 is 2.33 bits per heavy atom. The molecule has 1 aliphatic carbocycles. The molecule has 1 heterocycles. The van der Waals surface area contributed by atoms with Gasteiger partial charge in [-0.25, -0.2) is 9.18 Å². The van der Waals surface area contributed by atoms with Gasteiger partial charge < -0.3 is 20.5 Å². The molecule has 9 heteroatoms. The standard InChI is InChI=1S/C34H34FN3O5/c35-25-13-11-24(12-14-25)32(40)29-19-20-30(39)38(33(29)36)26-15-17-27(18-16-26)42-22-6-21-37-31(23-7-2-1-3-8-23)34(41)43-28-9-4-5-10-28/h1-3,7-8,11-20,28,31,37H,4-6,9-10,21-22,36H2/t31-/m0/s1. The number of hydrogen-bond donors (Lipinski definition) is 2. The lowest BCUT2D eigenvalue weighted by Gasteiger charge is -2.20. The molecule has 0 amide bonds. The number of nitrogens with two attached hydrogens (primary N) is 1. The van der Waals surface area contributed by atoms with E-state index in [1.165, 1.54) is 41.0 Å². The van der Waals surface area contributed by atoms with E-state index in [4.69, 9.17) is 15.2 Å². The van der Waals surface area contributed by atoms with Crippen molar-refractivity contribution in [1.82, 2.24) is 9.88 Å². The minimum absolute atomic E-state index is 0.00390. The van der Waals surface area contributed by atoms with E-state index in [9.17, 15) is 18.8 Å². The van der Waals surface area contributed by atoms with E-state index >= 15 is 0 Å². The summed E-state index contributed by atoms with van der Waals surface area (Å²) in [5.41, 5.74) is 7.60. The first-order valence-electron chi connectivity index (χ1n) is 14.4. The number of nitrogens with zero attached hydrogens (tertiary/aromatic N) is 1. The first kappa shape index (κ1) is 29.7. The van der Waals surface area contributed by atoms with Crippen LogP contribution in [0.25, 0.3) is 5.69 Å². The number of nitrogens with one attached hydrogen (secondary N) is 1. The topological polar surface area (TPSA) is 113 Å². The van der Waals surface area contributed by atoms with Crippen molar-refractivity contribution >= 4 is 17.6 Å². The number of halogens is 1. The van der Waals surface area contributed by atoms with Gasteiger partial charge >= 0.3 is 5.97 Å². The number of ether oxygens (including phenoxy) is 2. The molecule has 5 rings (SSSR count). The van der Waals surface area contributed by atoms with Gasteiger partial charge in [-0.15, -0.1) is 0 Å². The SMILES string of the molecule is Nc1c(C(=O)c2ccc(F)cc2)ccc(=O)n1-c1ccc(OCCCN[C@H](C(=O)OC2CCCC2)c2ccccc2)cc1. The molecule has 1 aliphatic rings. The maximum atomic E-state index is 13.3. The van der Waals surface area contributed by atoms with Gasteiger partial charge in [0.2, 0.25) is 0 Å². The number of hydrogen-bond acceptors (Lipinski definition) is 7. The first-order valence-corrected chi connectivity index (χ1v) is 14.4. The normalized spacial score (nSPS) is 13.9. The van der Waals surface area contributed by atoms with Crippen LogP contribution in [0.1, 0.15) is 59.6 Å². The third-order valence-corrected chi connectivity index (χ3v) is 7.47. The Labute approximate surface area is 249 Å². The third-order valence-electron chi connectivity index (χ3n) is 7.47.